The Balaban J connectivity index is 2.05. The number of ether oxygens (including phenoxy) is 1. The molecule has 0 spiro atoms. The highest BCUT2D eigenvalue weighted by molar-refractivity contribution is 9.10. The van der Waals surface area contributed by atoms with E-state index >= 15 is 0 Å². The first-order valence-electron chi connectivity index (χ1n) is 6.64. The summed E-state index contributed by atoms with van der Waals surface area (Å²) >= 11 is 3.35. The van der Waals surface area contributed by atoms with Gasteiger partial charge in [0.25, 0.3) is 0 Å². The van der Waals surface area contributed by atoms with Crippen LogP contribution in [0, 0.1) is 0 Å². The van der Waals surface area contributed by atoms with E-state index in [-0.39, 0.29) is 18.5 Å². The van der Waals surface area contributed by atoms with Gasteiger partial charge >= 0.3 is 12.0 Å². The molecule has 1 atom stereocenters. The average Bonchev–Trinajstić information content (AvgIpc) is 2.88. The Kier molecular flexibility index (Phi) is 5.06. The summed E-state index contributed by atoms with van der Waals surface area (Å²) < 4.78 is 5.98. The molecule has 6 nitrogen and oxygen atoms in total. The first-order valence-corrected chi connectivity index (χ1v) is 7.43. The maximum Gasteiger partial charge on any atom is 0.322 e. The van der Waals surface area contributed by atoms with Crippen molar-refractivity contribution in [3.05, 3.63) is 22.7 Å². The summed E-state index contributed by atoms with van der Waals surface area (Å²) in [5.74, 6) is -0.263. The zero-order chi connectivity index (χ0) is 15.4. The zero-order valence-electron chi connectivity index (χ0n) is 11.6. The van der Waals surface area contributed by atoms with Crippen molar-refractivity contribution in [2.45, 2.75) is 25.3 Å². The molecule has 1 heterocycles. The molecule has 0 radical (unpaired) electrons. The van der Waals surface area contributed by atoms with E-state index in [0.29, 0.717) is 18.0 Å². The number of benzene rings is 1. The fraction of sp³-hybridized carbons (Fsp3) is 0.429. The number of carboxylic acid groups (broad SMARTS) is 1. The second-order valence-corrected chi connectivity index (χ2v) is 5.72. The second kappa shape index (κ2) is 6.80. The van der Waals surface area contributed by atoms with Gasteiger partial charge in [-0.2, -0.15) is 0 Å². The topological polar surface area (TPSA) is 78.9 Å². The van der Waals surface area contributed by atoms with Crippen LogP contribution >= 0.6 is 15.9 Å². The van der Waals surface area contributed by atoms with Gasteiger partial charge in [-0.25, -0.2) is 4.79 Å². The fourth-order valence-corrected chi connectivity index (χ4v) is 2.86. The number of aliphatic carboxylic acids is 1. The number of anilines is 1. The molecule has 1 fully saturated rings. The fourth-order valence-electron chi connectivity index (χ4n) is 2.45. The lowest BCUT2D eigenvalue weighted by atomic mass is 10.1. The molecule has 7 heteroatoms. The van der Waals surface area contributed by atoms with Crippen LogP contribution in [-0.4, -0.2) is 41.7 Å². The molecular formula is C14H17BrN2O4. The summed E-state index contributed by atoms with van der Waals surface area (Å²) in [5.41, 5.74) is 0.612. The number of nitrogens with one attached hydrogen (secondary N) is 1. The van der Waals surface area contributed by atoms with Gasteiger partial charge in [-0.1, -0.05) is 0 Å². The van der Waals surface area contributed by atoms with Crippen molar-refractivity contribution < 1.29 is 19.4 Å². The highest BCUT2D eigenvalue weighted by Gasteiger charge is 2.30. The van der Waals surface area contributed by atoms with Crippen molar-refractivity contribution in [1.29, 1.82) is 0 Å². The molecule has 0 aliphatic carbocycles. The van der Waals surface area contributed by atoms with Crippen LogP contribution in [0.15, 0.2) is 22.7 Å². The van der Waals surface area contributed by atoms with Crippen molar-refractivity contribution in [3.8, 4) is 5.75 Å². The van der Waals surface area contributed by atoms with Crippen molar-refractivity contribution in [3.63, 3.8) is 0 Å². The molecule has 1 aromatic rings. The molecule has 1 saturated heterocycles. The Labute approximate surface area is 131 Å². The highest BCUT2D eigenvalue weighted by atomic mass is 79.9. The molecule has 21 heavy (non-hydrogen) atoms. The normalized spacial score (nSPS) is 17.6. The summed E-state index contributed by atoms with van der Waals surface area (Å²) in [6.07, 6.45) is 1.54. The van der Waals surface area contributed by atoms with E-state index in [4.69, 9.17) is 9.84 Å². The van der Waals surface area contributed by atoms with Gasteiger partial charge < -0.3 is 20.1 Å². The lowest BCUT2D eigenvalue weighted by molar-refractivity contribution is -0.137. The number of hydrogen-bond acceptors (Lipinski definition) is 3. The Bertz CT molecular complexity index is 550. The maximum absolute atomic E-state index is 12.3. The van der Waals surface area contributed by atoms with Crippen LogP contribution in [-0.2, 0) is 4.79 Å². The summed E-state index contributed by atoms with van der Waals surface area (Å²) in [7, 11) is 1.55. The number of carbonyl (C=O) groups excluding carboxylic acids is 1. The van der Waals surface area contributed by atoms with Gasteiger partial charge in [0.15, 0.2) is 0 Å². The van der Waals surface area contributed by atoms with E-state index in [9.17, 15) is 9.59 Å². The first kappa shape index (κ1) is 15.6. The third kappa shape index (κ3) is 3.87. The molecule has 1 aliphatic heterocycles. The highest BCUT2D eigenvalue weighted by Crippen LogP contribution is 2.28. The summed E-state index contributed by atoms with van der Waals surface area (Å²) in [6.45, 7) is 0.581. The third-order valence-electron chi connectivity index (χ3n) is 3.45. The molecule has 2 N–H and O–H groups in total. The van der Waals surface area contributed by atoms with Gasteiger partial charge in [0.1, 0.15) is 5.75 Å². The van der Waals surface area contributed by atoms with Crippen LogP contribution in [0.4, 0.5) is 10.5 Å². The number of hydrogen-bond donors (Lipinski definition) is 2. The smallest absolute Gasteiger partial charge is 0.322 e. The molecule has 1 unspecified atom stereocenters. The molecule has 0 bridgehead atoms. The predicted octanol–water partition coefficient (Wildman–Crippen LogP) is 2.93. The number of amides is 2. The Hall–Kier alpha value is -1.76. The standard InChI is InChI=1S/C14H17BrN2O4/c1-21-12-7-9(4-5-11(12)15)16-14(20)17-6-2-3-10(17)8-13(18)19/h4-5,7,10H,2-3,6,8H2,1H3,(H,16,20)(H,18,19). The third-order valence-corrected chi connectivity index (χ3v) is 4.11. The van der Waals surface area contributed by atoms with Gasteiger partial charge in [0, 0.05) is 24.3 Å². The quantitative estimate of drug-likeness (QED) is 0.869. The zero-order valence-corrected chi connectivity index (χ0v) is 13.2. The van der Waals surface area contributed by atoms with Crippen LogP contribution in [0.5, 0.6) is 5.75 Å². The van der Waals surface area contributed by atoms with Gasteiger partial charge in [0.2, 0.25) is 0 Å². The molecular weight excluding hydrogens is 340 g/mol. The summed E-state index contributed by atoms with van der Waals surface area (Å²) in [5, 5.41) is 11.7. The number of methoxy groups -OCH3 is 1. The number of urea groups is 1. The van der Waals surface area contributed by atoms with Gasteiger partial charge in [-0.15, -0.1) is 0 Å². The molecule has 2 rings (SSSR count). The first-order chi connectivity index (χ1) is 10.0. The molecule has 1 aliphatic rings. The van der Waals surface area contributed by atoms with Gasteiger partial charge in [-0.05, 0) is 40.9 Å². The minimum Gasteiger partial charge on any atom is -0.495 e. The van der Waals surface area contributed by atoms with Crippen molar-refractivity contribution in [2.75, 3.05) is 19.0 Å². The number of halogens is 1. The van der Waals surface area contributed by atoms with E-state index in [0.717, 1.165) is 17.3 Å². The van der Waals surface area contributed by atoms with Crippen molar-refractivity contribution in [1.82, 2.24) is 4.90 Å². The van der Waals surface area contributed by atoms with Gasteiger partial charge in [-0.3, -0.25) is 4.79 Å². The van der Waals surface area contributed by atoms with E-state index < -0.39 is 5.97 Å². The SMILES string of the molecule is COc1cc(NC(=O)N2CCCC2CC(=O)O)ccc1Br. The molecule has 1 aromatic carbocycles. The molecule has 2 amide bonds. The van der Waals surface area contributed by atoms with Crippen LogP contribution in [0.3, 0.4) is 0 Å². The minimum atomic E-state index is -0.884. The van der Waals surface area contributed by atoms with Crippen molar-refractivity contribution >= 4 is 33.6 Å². The number of nitrogens with zero attached hydrogens (tertiary/aromatic N) is 1. The Morgan fingerprint density at radius 1 is 1.52 bits per heavy atom. The number of likely N-dealkylation sites (tertiary alicyclic amines) is 1. The van der Waals surface area contributed by atoms with E-state index in [1.807, 2.05) is 0 Å². The van der Waals surface area contributed by atoms with Crippen molar-refractivity contribution in [2.24, 2.45) is 0 Å². The largest absolute Gasteiger partial charge is 0.495 e. The number of carbonyl (C=O) groups is 2. The molecule has 114 valence electrons. The second-order valence-electron chi connectivity index (χ2n) is 4.87. The summed E-state index contributed by atoms with van der Waals surface area (Å²) in [4.78, 5) is 24.7. The summed E-state index contributed by atoms with van der Waals surface area (Å²) in [6, 6.07) is 4.74. The van der Waals surface area contributed by atoms with E-state index in [1.54, 1.807) is 30.2 Å². The minimum absolute atomic E-state index is 0.0168. The van der Waals surface area contributed by atoms with Crippen LogP contribution in [0.2, 0.25) is 0 Å². The Morgan fingerprint density at radius 2 is 2.29 bits per heavy atom. The lowest BCUT2D eigenvalue weighted by Crippen LogP contribution is -2.39. The van der Waals surface area contributed by atoms with E-state index in [2.05, 4.69) is 21.2 Å². The van der Waals surface area contributed by atoms with Crippen LogP contribution < -0.4 is 10.1 Å². The molecule has 0 aromatic heterocycles. The van der Waals surface area contributed by atoms with E-state index in [1.165, 1.54) is 0 Å². The maximum atomic E-state index is 12.3. The lowest BCUT2D eigenvalue weighted by Gasteiger charge is -2.24. The average molecular weight is 357 g/mol. The van der Waals surface area contributed by atoms with Gasteiger partial charge in [0.05, 0.1) is 18.0 Å². The predicted molar refractivity (Wildman–Crippen MR) is 81.7 cm³/mol. The van der Waals surface area contributed by atoms with Crippen LogP contribution in [0.1, 0.15) is 19.3 Å². The number of carboxylic acids is 1. The van der Waals surface area contributed by atoms with Crippen LogP contribution in [0.25, 0.3) is 0 Å². The monoisotopic (exact) mass is 356 g/mol. The number of rotatable bonds is 4. The molecule has 0 saturated carbocycles. The Morgan fingerprint density at radius 3 is 2.95 bits per heavy atom.